The van der Waals surface area contributed by atoms with Gasteiger partial charge in [-0.2, -0.15) is 13.2 Å². The van der Waals surface area contributed by atoms with Crippen molar-refractivity contribution in [1.82, 2.24) is 5.32 Å². The minimum absolute atomic E-state index is 0.146. The summed E-state index contributed by atoms with van der Waals surface area (Å²) in [5, 5.41) is 3.31. The molecule has 2 aromatic carbocycles. The summed E-state index contributed by atoms with van der Waals surface area (Å²) in [6.07, 6.45) is -4.41. The maximum Gasteiger partial charge on any atom is 0.416 e. The summed E-state index contributed by atoms with van der Waals surface area (Å²) in [6.45, 7) is 0. The first-order chi connectivity index (χ1) is 9.86. The van der Waals surface area contributed by atoms with Crippen LogP contribution in [-0.2, 0) is 6.18 Å². The van der Waals surface area contributed by atoms with Crippen molar-refractivity contribution in [3.8, 4) is 0 Å². The molecule has 0 radical (unpaired) electrons. The van der Waals surface area contributed by atoms with E-state index in [1.807, 2.05) is 0 Å². The van der Waals surface area contributed by atoms with Crippen LogP contribution in [0.5, 0.6) is 0 Å². The fraction of sp³-hybridized carbons (Fsp3) is 0.200. The van der Waals surface area contributed by atoms with Crippen molar-refractivity contribution in [2.75, 3.05) is 7.05 Å². The minimum atomic E-state index is -4.41. The van der Waals surface area contributed by atoms with Gasteiger partial charge in [0.05, 0.1) is 16.6 Å². The lowest BCUT2D eigenvalue weighted by Gasteiger charge is -2.23. The van der Waals surface area contributed by atoms with Crippen LogP contribution in [-0.4, -0.2) is 7.05 Å². The second kappa shape index (κ2) is 6.38. The Kier molecular flexibility index (Phi) is 4.96. The Labute approximate surface area is 134 Å². The monoisotopic (exact) mass is 377 g/mol. The molecule has 6 heteroatoms. The number of nitrogens with one attached hydrogen (secondary N) is 1. The molecule has 0 saturated carbocycles. The van der Waals surface area contributed by atoms with Gasteiger partial charge in [0.2, 0.25) is 0 Å². The Balaban J connectivity index is 2.60. The molecular weight excluding hydrogens is 367 g/mol. The van der Waals surface area contributed by atoms with Gasteiger partial charge in [-0.25, -0.2) is 0 Å². The molecule has 1 N–H and O–H groups in total. The fourth-order valence-corrected chi connectivity index (χ4v) is 2.85. The summed E-state index contributed by atoms with van der Waals surface area (Å²) < 4.78 is 40.2. The number of halogens is 5. The van der Waals surface area contributed by atoms with Crippen molar-refractivity contribution in [2.45, 2.75) is 12.2 Å². The number of alkyl halides is 3. The highest BCUT2D eigenvalue weighted by Crippen LogP contribution is 2.39. The van der Waals surface area contributed by atoms with E-state index >= 15 is 0 Å². The minimum Gasteiger partial charge on any atom is -0.309 e. The molecule has 1 nitrogen and oxygen atoms in total. The van der Waals surface area contributed by atoms with Gasteiger partial charge in [0, 0.05) is 4.47 Å². The van der Waals surface area contributed by atoms with Crippen LogP contribution >= 0.6 is 27.5 Å². The van der Waals surface area contributed by atoms with Gasteiger partial charge in [-0.15, -0.1) is 0 Å². The molecule has 0 saturated heterocycles. The average Bonchev–Trinajstić information content (AvgIpc) is 2.44. The van der Waals surface area contributed by atoms with Gasteiger partial charge in [-0.3, -0.25) is 0 Å². The van der Waals surface area contributed by atoms with Crippen molar-refractivity contribution < 1.29 is 13.2 Å². The first-order valence-electron chi connectivity index (χ1n) is 6.13. The second-order valence-corrected chi connectivity index (χ2v) is 5.68. The Bertz CT molecular complexity index is 643. The Hall–Kier alpha value is -1.04. The van der Waals surface area contributed by atoms with Gasteiger partial charge >= 0.3 is 6.18 Å². The van der Waals surface area contributed by atoms with Crippen LogP contribution in [0, 0.1) is 0 Å². The Morgan fingerprint density at radius 1 is 1.05 bits per heavy atom. The van der Waals surface area contributed by atoms with E-state index in [4.69, 9.17) is 11.6 Å². The van der Waals surface area contributed by atoms with E-state index in [1.165, 1.54) is 12.1 Å². The zero-order valence-electron chi connectivity index (χ0n) is 11.0. The van der Waals surface area contributed by atoms with Crippen molar-refractivity contribution >= 4 is 27.5 Å². The lowest BCUT2D eigenvalue weighted by molar-refractivity contribution is -0.138. The zero-order valence-corrected chi connectivity index (χ0v) is 13.4. The van der Waals surface area contributed by atoms with E-state index in [1.54, 1.807) is 31.3 Å². The van der Waals surface area contributed by atoms with E-state index in [0.717, 1.165) is 6.07 Å². The van der Waals surface area contributed by atoms with Crippen molar-refractivity contribution in [2.24, 2.45) is 0 Å². The van der Waals surface area contributed by atoms with Crippen LogP contribution < -0.4 is 5.32 Å². The van der Waals surface area contributed by atoms with E-state index in [9.17, 15) is 13.2 Å². The lowest BCUT2D eigenvalue weighted by atomic mass is 9.94. The Morgan fingerprint density at radius 3 is 2.29 bits per heavy atom. The second-order valence-electron chi connectivity index (χ2n) is 4.45. The highest BCUT2D eigenvalue weighted by molar-refractivity contribution is 9.10. The van der Waals surface area contributed by atoms with Gasteiger partial charge in [0.1, 0.15) is 0 Å². The number of benzene rings is 2. The third-order valence-corrected chi connectivity index (χ3v) is 4.47. The molecule has 0 aliphatic heterocycles. The first kappa shape index (κ1) is 16.3. The standard InChI is InChI=1S/C15H12BrClF3N/c1-21-14(10-6-4-8-12(16)13(10)17)9-5-2-3-7-11(9)15(18,19)20/h2-8,14,21H,1H3. The van der Waals surface area contributed by atoms with Crippen molar-refractivity contribution in [3.63, 3.8) is 0 Å². The summed E-state index contributed by atoms with van der Waals surface area (Å²) in [4.78, 5) is 0. The predicted octanol–water partition coefficient (Wildman–Crippen LogP) is 5.43. The molecule has 21 heavy (non-hydrogen) atoms. The molecular formula is C15H12BrClF3N. The summed E-state index contributed by atoms with van der Waals surface area (Å²) in [6, 6.07) is 10.0. The third-order valence-electron chi connectivity index (χ3n) is 3.16. The number of hydrogen-bond acceptors (Lipinski definition) is 1. The molecule has 1 unspecified atom stereocenters. The summed E-state index contributed by atoms with van der Waals surface area (Å²) in [5.74, 6) is 0. The summed E-state index contributed by atoms with van der Waals surface area (Å²) >= 11 is 9.51. The smallest absolute Gasteiger partial charge is 0.309 e. The predicted molar refractivity (Wildman–Crippen MR) is 81.5 cm³/mol. The first-order valence-corrected chi connectivity index (χ1v) is 7.30. The van der Waals surface area contributed by atoms with E-state index in [0.29, 0.717) is 15.1 Å². The maximum absolute atomic E-state index is 13.2. The maximum atomic E-state index is 13.2. The molecule has 0 aliphatic rings. The van der Waals surface area contributed by atoms with Crippen LogP contribution in [0.2, 0.25) is 5.02 Å². The highest BCUT2D eigenvalue weighted by Gasteiger charge is 2.35. The van der Waals surface area contributed by atoms with Crippen LogP contribution in [0.15, 0.2) is 46.9 Å². The molecule has 0 fully saturated rings. The fourth-order valence-electron chi connectivity index (χ4n) is 2.23. The molecule has 112 valence electrons. The van der Waals surface area contributed by atoms with E-state index in [2.05, 4.69) is 21.2 Å². The third kappa shape index (κ3) is 3.42. The van der Waals surface area contributed by atoms with Gasteiger partial charge in [-0.05, 0) is 46.2 Å². The number of hydrogen-bond donors (Lipinski definition) is 1. The largest absolute Gasteiger partial charge is 0.416 e. The van der Waals surface area contributed by atoms with Crippen LogP contribution in [0.3, 0.4) is 0 Å². The van der Waals surface area contributed by atoms with Crippen LogP contribution in [0.1, 0.15) is 22.7 Å². The van der Waals surface area contributed by atoms with Crippen LogP contribution in [0.25, 0.3) is 0 Å². The zero-order chi connectivity index (χ0) is 15.6. The molecule has 1 atom stereocenters. The quantitative estimate of drug-likeness (QED) is 0.751. The SMILES string of the molecule is CNC(c1ccccc1C(F)(F)F)c1cccc(Br)c1Cl. The normalized spacial score (nSPS) is 13.2. The molecule has 0 spiro atoms. The van der Waals surface area contributed by atoms with E-state index in [-0.39, 0.29) is 5.56 Å². The molecule has 0 bridgehead atoms. The molecule has 2 rings (SSSR count). The molecule has 0 heterocycles. The Morgan fingerprint density at radius 2 is 1.67 bits per heavy atom. The molecule has 0 amide bonds. The molecule has 0 aliphatic carbocycles. The summed E-state index contributed by atoms with van der Waals surface area (Å²) in [5.41, 5.74) is 0.0677. The lowest BCUT2D eigenvalue weighted by Crippen LogP contribution is -2.22. The molecule has 2 aromatic rings. The highest BCUT2D eigenvalue weighted by atomic mass is 79.9. The van der Waals surface area contributed by atoms with Crippen molar-refractivity contribution in [1.29, 1.82) is 0 Å². The van der Waals surface area contributed by atoms with Gasteiger partial charge in [0.25, 0.3) is 0 Å². The number of rotatable bonds is 3. The topological polar surface area (TPSA) is 12.0 Å². The van der Waals surface area contributed by atoms with Gasteiger partial charge in [-0.1, -0.05) is 41.9 Å². The van der Waals surface area contributed by atoms with E-state index < -0.39 is 17.8 Å². The molecule has 0 aromatic heterocycles. The van der Waals surface area contributed by atoms with Gasteiger partial charge < -0.3 is 5.32 Å². The average molecular weight is 379 g/mol. The summed E-state index contributed by atoms with van der Waals surface area (Å²) in [7, 11) is 1.61. The van der Waals surface area contributed by atoms with Gasteiger partial charge in [0.15, 0.2) is 0 Å². The van der Waals surface area contributed by atoms with Crippen molar-refractivity contribution in [3.05, 3.63) is 68.7 Å². The van der Waals surface area contributed by atoms with Crippen LogP contribution in [0.4, 0.5) is 13.2 Å².